The van der Waals surface area contributed by atoms with E-state index in [0.717, 1.165) is 25.3 Å². The Morgan fingerprint density at radius 2 is 2.32 bits per heavy atom. The van der Waals surface area contributed by atoms with Gasteiger partial charge in [0.15, 0.2) is 0 Å². The summed E-state index contributed by atoms with van der Waals surface area (Å²) in [6.45, 7) is 6.92. The van der Waals surface area contributed by atoms with E-state index in [-0.39, 0.29) is 0 Å². The summed E-state index contributed by atoms with van der Waals surface area (Å²) < 4.78 is 5.30. The molecule has 4 nitrogen and oxygen atoms in total. The third kappa shape index (κ3) is 3.69. The second-order valence-corrected chi connectivity index (χ2v) is 5.41. The van der Waals surface area contributed by atoms with Crippen LogP contribution in [0.3, 0.4) is 0 Å². The molecule has 1 saturated heterocycles. The fourth-order valence-corrected chi connectivity index (χ4v) is 3.00. The summed E-state index contributed by atoms with van der Waals surface area (Å²) in [6, 6.07) is 7.01. The normalized spacial score (nSPS) is 23.3. The number of aliphatic hydroxyl groups is 1. The van der Waals surface area contributed by atoms with E-state index in [1.54, 1.807) is 12.0 Å². The average Bonchev–Trinajstić information content (AvgIpc) is 2.41. The zero-order chi connectivity index (χ0) is 13.7. The standard InChI is InChI=1S/C15H24N2O2/c1-12-9-13(3-4-15(12)19-2)11-17-7-6-16-10-14(17)5-8-18/h3-4,9,14,16,18H,5-8,10-11H2,1-2H3/p+2/t14-/m0/s1. The van der Waals surface area contributed by atoms with Gasteiger partial charge in [-0.15, -0.1) is 0 Å². The summed E-state index contributed by atoms with van der Waals surface area (Å²) >= 11 is 0. The maximum atomic E-state index is 9.17. The van der Waals surface area contributed by atoms with Gasteiger partial charge in [0.25, 0.3) is 0 Å². The van der Waals surface area contributed by atoms with Gasteiger partial charge in [-0.2, -0.15) is 0 Å². The van der Waals surface area contributed by atoms with E-state index in [2.05, 4.69) is 30.4 Å². The zero-order valence-electron chi connectivity index (χ0n) is 12.0. The van der Waals surface area contributed by atoms with Crippen LogP contribution in [0.5, 0.6) is 5.75 Å². The fraction of sp³-hybridized carbons (Fsp3) is 0.600. The van der Waals surface area contributed by atoms with E-state index in [1.165, 1.54) is 24.2 Å². The molecular weight excluding hydrogens is 240 g/mol. The minimum atomic E-state index is 0.295. The van der Waals surface area contributed by atoms with Crippen molar-refractivity contribution in [2.45, 2.75) is 25.9 Å². The Kier molecular flexibility index (Phi) is 5.19. The first-order valence-electron chi connectivity index (χ1n) is 7.15. The van der Waals surface area contributed by atoms with Crippen molar-refractivity contribution in [3.63, 3.8) is 0 Å². The second kappa shape index (κ2) is 6.89. The molecule has 1 aromatic rings. The number of quaternary nitrogens is 2. The van der Waals surface area contributed by atoms with E-state index < -0.39 is 0 Å². The van der Waals surface area contributed by atoms with Crippen LogP contribution in [0, 0.1) is 6.92 Å². The van der Waals surface area contributed by atoms with E-state index in [9.17, 15) is 5.11 Å². The van der Waals surface area contributed by atoms with Crippen molar-refractivity contribution in [3.05, 3.63) is 29.3 Å². The van der Waals surface area contributed by atoms with Crippen LogP contribution < -0.4 is 15.0 Å². The molecule has 4 N–H and O–H groups in total. The van der Waals surface area contributed by atoms with Gasteiger partial charge in [-0.1, -0.05) is 0 Å². The highest BCUT2D eigenvalue weighted by atomic mass is 16.5. The van der Waals surface area contributed by atoms with Crippen molar-refractivity contribution in [2.24, 2.45) is 0 Å². The first-order valence-corrected chi connectivity index (χ1v) is 7.15. The third-order valence-electron chi connectivity index (χ3n) is 4.07. The molecule has 0 bridgehead atoms. The number of methoxy groups -OCH3 is 1. The number of hydrogen-bond donors (Lipinski definition) is 3. The van der Waals surface area contributed by atoms with Crippen LogP contribution in [0.15, 0.2) is 18.2 Å². The number of hydrogen-bond acceptors (Lipinski definition) is 2. The van der Waals surface area contributed by atoms with Crippen molar-refractivity contribution in [1.82, 2.24) is 0 Å². The molecule has 0 aromatic heterocycles. The molecule has 19 heavy (non-hydrogen) atoms. The lowest BCUT2D eigenvalue weighted by atomic mass is 10.1. The van der Waals surface area contributed by atoms with Gasteiger partial charge in [0.1, 0.15) is 38.0 Å². The predicted octanol–water partition coefficient (Wildman–Crippen LogP) is -1.28. The molecule has 106 valence electrons. The van der Waals surface area contributed by atoms with Crippen molar-refractivity contribution in [2.75, 3.05) is 33.4 Å². The van der Waals surface area contributed by atoms with Crippen LogP contribution in [-0.2, 0) is 6.54 Å². The van der Waals surface area contributed by atoms with E-state index in [0.29, 0.717) is 12.6 Å². The summed E-state index contributed by atoms with van der Waals surface area (Å²) in [5.41, 5.74) is 2.56. The number of ether oxygens (including phenoxy) is 1. The minimum absolute atomic E-state index is 0.295. The van der Waals surface area contributed by atoms with Crippen molar-refractivity contribution < 1.29 is 20.1 Å². The van der Waals surface area contributed by atoms with Gasteiger partial charge >= 0.3 is 0 Å². The third-order valence-corrected chi connectivity index (χ3v) is 4.07. The number of aliphatic hydroxyl groups excluding tert-OH is 1. The Labute approximate surface area is 115 Å². The summed E-state index contributed by atoms with van der Waals surface area (Å²) in [6.07, 6.45) is 0.904. The minimum Gasteiger partial charge on any atom is -0.496 e. The van der Waals surface area contributed by atoms with Crippen LogP contribution in [0.4, 0.5) is 0 Å². The van der Waals surface area contributed by atoms with Crippen molar-refractivity contribution in [3.8, 4) is 5.75 Å². The number of rotatable bonds is 5. The van der Waals surface area contributed by atoms with Crippen LogP contribution in [0.2, 0.25) is 0 Å². The molecular formula is C15H26N2O2+2. The van der Waals surface area contributed by atoms with E-state index >= 15 is 0 Å². The molecule has 0 aliphatic carbocycles. The molecule has 2 rings (SSSR count). The monoisotopic (exact) mass is 266 g/mol. The highest BCUT2D eigenvalue weighted by molar-refractivity contribution is 5.35. The largest absolute Gasteiger partial charge is 0.496 e. The van der Waals surface area contributed by atoms with Crippen LogP contribution in [0.1, 0.15) is 17.5 Å². The number of benzene rings is 1. The molecule has 1 aromatic carbocycles. The lowest BCUT2D eigenvalue weighted by Gasteiger charge is -2.30. The molecule has 0 radical (unpaired) electrons. The van der Waals surface area contributed by atoms with Gasteiger partial charge in [0.2, 0.25) is 0 Å². The van der Waals surface area contributed by atoms with Gasteiger partial charge < -0.3 is 20.1 Å². The van der Waals surface area contributed by atoms with Gasteiger partial charge in [-0.3, -0.25) is 0 Å². The Morgan fingerprint density at radius 3 is 3.00 bits per heavy atom. The average molecular weight is 266 g/mol. The molecule has 4 heteroatoms. The lowest BCUT2D eigenvalue weighted by molar-refractivity contribution is -0.982. The first kappa shape index (κ1) is 14.3. The van der Waals surface area contributed by atoms with Gasteiger partial charge in [0, 0.05) is 18.6 Å². The molecule has 2 atom stereocenters. The topological polar surface area (TPSA) is 50.5 Å². The van der Waals surface area contributed by atoms with E-state index in [1.807, 2.05) is 0 Å². The Bertz CT molecular complexity index is 407. The number of nitrogens with one attached hydrogen (secondary N) is 1. The van der Waals surface area contributed by atoms with Crippen LogP contribution in [-0.4, -0.2) is 44.5 Å². The highest BCUT2D eigenvalue weighted by Crippen LogP contribution is 2.17. The molecule has 1 heterocycles. The number of nitrogens with two attached hydrogens (primary N) is 1. The Balaban J connectivity index is 2.04. The fourth-order valence-electron chi connectivity index (χ4n) is 3.00. The number of aryl methyl sites for hydroxylation is 1. The van der Waals surface area contributed by atoms with Gasteiger partial charge in [-0.25, -0.2) is 0 Å². The molecule has 1 aliphatic rings. The zero-order valence-corrected chi connectivity index (χ0v) is 12.0. The highest BCUT2D eigenvalue weighted by Gasteiger charge is 2.27. The SMILES string of the molecule is COc1ccc(C[NH+]2CC[NH2+]C[C@@H]2CCO)cc1C. The summed E-state index contributed by atoms with van der Waals surface area (Å²) in [5.74, 6) is 0.956. The molecule has 1 unspecified atom stereocenters. The number of piperazine rings is 1. The summed E-state index contributed by atoms with van der Waals surface area (Å²) in [4.78, 5) is 1.60. The quantitative estimate of drug-likeness (QED) is 0.621. The van der Waals surface area contributed by atoms with Crippen molar-refractivity contribution >= 4 is 0 Å². The summed E-state index contributed by atoms with van der Waals surface area (Å²) in [5, 5.41) is 11.5. The summed E-state index contributed by atoms with van der Waals surface area (Å²) in [7, 11) is 1.71. The van der Waals surface area contributed by atoms with Gasteiger partial charge in [0.05, 0.1) is 7.11 Å². The maximum Gasteiger partial charge on any atom is 0.140 e. The van der Waals surface area contributed by atoms with Gasteiger partial charge in [-0.05, 0) is 30.7 Å². The molecule has 0 amide bonds. The molecule has 1 fully saturated rings. The molecule has 0 saturated carbocycles. The first-order chi connectivity index (χ1) is 9.24. The lowest BCUT2D eigenvalue weighted by Crippen LogP contribution is -3.23. The van der Waals surface area contributed by atoms with Crippen LogP contribution >= 0.6 is 0 Å². The van der Waals surface area contributed by atoms with E-state index in [4.69, 9.17) is 4.74 Å². The van der Waals surface area contributed by atoms with Crippen molar-refractivity contribution in [1.29, 1.82) is 0 Å². The second-order valence-electron chi connectivity index (χ2n) is 5.41. The smallest absolute Gasteiger partial charge is 0.140 e. The van der Waals surface area contributed by atoms with Crippen LogP contribution in [0.25, 0.3) is 0 Å². The maximum absolute atomic E-state index is 9.17. The molecule has 1 aliphatic heterocycles. The predicted molar refractivity (Wildman–Crippen MR) is 74.4 cm³/mol. The Morgan fingerprint density at radius 1 is 1.47 bits per heavy atom. The molecule has 0 spiro atoms. The Hall–Kier alpha value is -1.10.